The van der Waals surface area contributed by atoms with Gasteiger partial charge in [0.2, 0.25) is 5.91 Å². The predicted molar refractivity (Wildman–Crippen MR) is 138 cm³/mol. The molecule has 0 saturated carbocycles. The number of nitrogens with zero attached hydrogens (tertiary/aromatic N) is 4. The molecule has 5 aromatic rings. The highest BCUT2D eigenvalue weighted by atomic mass is 35.5. The van der Waals surface area contributed by atoms with E-state index in [1.54, 1.807) is 17.7 Å². The van der Waals surface area contributed by atoms with Gasteiger partial charge < -0.3 is 5.32 Å². The first-order valence-electron chi connectivity index (χ1n) is 11.0. The summed E-state index contributed by atoms with van der Waals surface area (Å²) in [6.07, 6.45) is 0.0763. The first-order chi connectivity index (χ1) is 16.9. The fourth-order valence-corrected chi connectivity index (χ4v) is 5.12. The number of carbonyl (C=O) groups excluding carboxylic acids is 1. The Hall–Kier alpha value is -3.75. The zero-order valence-corrected chi connectivity index (χ0v) is 20.7. The van der Waals surface area contributed by atoms with Crippen LogP contribution < -0.4 is 10.9 Å². The van der Waals surface area contributed by atoms with E-state index in [4.69, 9.17) is 11.6 Å². The predicted octanol–water partition coefficient (Wildman–Crippen LogP) is 4.74. The quantitative estimate of drug-likeness (QED) is 0.363. The molecular weight excluding hydrogens is 482 g/mol. The number of thiazole rings is 1. The highest BCUT2D eigenvalue weighted by molar-refractivity contribution is 7.15. The third kappa shape index (κ3) is 4.62. The molecular formula is C26H22ClN5O2S. The van der Waals surface area contributed by atoms with Crippen LogP contribution in [0.3, 0.4) is 0 Å². The molecule has 0 spiro atoms. The fourth-order valence-electron chi connectivity index (χ4n) is 4.01. The zero-order chi connectivity index (χ0) is 24.5. The molecule has 7 nitrogen and oxygen atoms in total. The average molecular weight is 504 g/mol. The van der Waals surface area contributed by atoms with Crippen LogP contribution in [0.25, 0.3) is 21.9 Å². The monoisotopic (exact) mass is 503 g/mol. The maximum Gasteiger partial charge on any atom is 0.268 e. The summed E-state index contributed by atoms with van der Waals surface area (Å²) >= 11 is 7.50. The van der Waals surface area contributed by atoms with Gasteiger partial charge in [0.05, 0.1) is 23.4 Å². The topological polar surface area (TPSA) is 81.3 Å². The third-order valence-corrected chi connectivity index (χ3v) is 6.80. The SMILES string of the molecule is Cc1nc2scc(CC(=O)NCc3ccccc3)n2c(=O)c1-c1cc(C)n(-c2cccc(Cl)c2)n1. The molecule has 2 aromatic carbocycles. The molecule has 3 heterocycles. The van der Waals surface area contributed by atoms with Crippen molar-refractivity contribution < 1.29 is 4.79 Å². The van der Waals surface area contributed by atoms with Crippen LogP contribution in [0.5, 0.6) is 0 Å². The Balaban J connectivity index is 1.48. The van der Waals surface area contributed by atoms with Crippen LogP contribution in [0.4, 0.5) is 0 Å². The lowest BCUT2D eigenvalue weighted by Crippen LogP contribution is -2.27. The van der Waals surface area contributed by atoms with Gasteiger partial charge in [0.15, 0.2) is 4.96 Å². The zero-order valence-electron chi connectivity index (χ0n) is 19.2. The summed E-state index contributed by atoms with van der Waals surface area (Å²) in [6, 6.07) is 18.9. The minimum Gasteiger partial charge on any atom is -0.352 e. The molecule has 0 aliphatic rings. The molecule has 0 aliphatic heterocycles. The minimum absolute atomic E-state index is 0.0763. The van der Waals surface area contributed by atoms with Crippen LogP contribution in [0.1, 0.15) is 22.6 Å². The number of rotatable bonds is 6. The van der Waals surface area contributed by atoms with E-state index in [0.717, 1.165) is 16.9 Å². The highest BCUT2D eigenvalue weighted by Gasteiger charge is 2.20. The Morgan fingerprint density at radius 3 is 2.66 bits per heavy atom. The molecule has 176 valence electrons. The van der Waals surface area contributed by atoms with E-state index in [1.807, 2.05) is 66.9 Å². The Bertz CT molecular complexity index is 1600. The van der Waals surface area contributed by atoms with Crippen molar-refractivity contribution in [3.8, 4) is 16.9 Å². The Labute approximate surface area is 210 Å². The lowest BCUT2D eigenvalue weighted by molar-refractivity contribution is -0.120. The van der Waals surface area contributed by atoms with Crippen molar-refractivity contribution in [1.29, 1.82) is 0 Å². The second kappa shape index (κ2) is 9.48. The van der Waals surface area contributed by atoms with Crippen LogP contribution in [-0.2, 0) is 17.8 Å². The van der Waals surface area contributed by atoms with Gasteiger partial charge in [-0.3, -0.25) is 14.0 Å². The molecule has 5 rings (SSSR count). The van der Waals surface area contributed by atoms with Crippen LogP contribution in [0.15, 0.2) is 70.8 Å². The number of carbonyl (C=O) groups is 1. The Kier molecular flexibility index (Phi) is 6.23. The second-order valence-electron chi connectivity index (χ2n) is 8.22. The van der Waals surface area contributed by atoms with Crippen molar-refractivity contribution in [3.63, 3.8) is 0 Å². The lowest BCUT2D eigenvalue weighted by Gasteiger charge is -2.07. The molecule has 0 aliphatic carbocycles. The van der Waals surface area contributed by atoms with E-state index in [0.29, 0.717) is 39.2 Å². The molecule has 1 N–H and O–H groups in total. The fraction of sp³-hybridized carbons (Fsp3) is 0.154. The number of amides is 1. The third-order valence-electron chi connectivity index (χ3n) is 5.69. The van der Waals surface area contributed by atoms with E-state index < -0.39 is 0 Å². The molecule has 0 radical (unpaired) electrons. The summed E-state index contributed by atoms with van der Waals surface area (Å²) < 4.78 is 3.27. The van der Waals surface area contributed by atoms with Gasteiger partial charge in [-0.15, -0.1) is 11.3 Å². The maximum atomic E-state index is 13.6. The normalized spacial score (nSPS) is 11.2. The number of hydrogen-bond acceptors (Lipinski definition) is 5. The molecule has 0 saturated heterocycles. The molecule has 9 heteroatoms. The average Bonchev–Trinajstić information content (AvgIpc) is 3.41. The molecule has 0 atom stereocenters. The maximum absolute atomic E-state index is 13.6. The number of halogens is 1. The van der Waals surface area contributed by atoms with Crippen molar-refractivity contribution in [2.45, 2.75) is 26.8 Å². The van der Waals surface area contributed by atoms with Crippen molar-refractivity contribution >= 4 is 33.8 Å². The van der Waals surface area contributed by atoms with Crippen molar-refractivity contribution in [2.75, 3.05) is 0 Å². The van der Waals surface area contributed by atoms with Crippen LogP contribution in [-0.4, -0.2) is 25.1 Å². The smallest absolute Gasteiger partial charge is 0.268 e. The largest absolute Gasteiger partial charge is 0.352 e. The van der Waals surface area contributed by atoms with Gasteiger partial charge in [-0.25, -0.2) is 9.67 Å². The van der Waals surface area contributed by atoms with Gasteiger partial charge in [-0.05, 0) is 43.7 Å². The summed E-state index contributed by atoms with van der Waals surface area (Å²) in [6.45, 7) is 4.15. The molecule has 0 unspecified atom stereocenters. The number of benzene rings is 2. The summed E-state index contributed by atoms with van der Waals surface area (Å²) in [5.74, 6) is -0.163. The molecule has 3 aromatic heterocycles. The van der Waals surface area contributed by atoms with E-state index >= 15 is 0 Å². The van der Waals surface area contributed by atoms with Crippen molar-refractivity contribution in [1.82, 2.24) is 24.5 Å². The summed E-state index contributed by atoms with van der Waals surface area (Å²) in [4.78, 5) is 31.4. The van der Waals surface area contributed by atoms with Crippen LogP contribution in [0, 0.1) is 13.8 Å². The van der Waals surface area contributed by atoms with E-state index in [9.17, 15) is 9.59 Å². The van der Waals surface area contributed by atoms with Gasteiger partial charge in [0, 0.05) is 28.3 Å². The van der Waals surface area contributed by atoms with Gasteiger partial charge in [-0.2, -0.15) is 5.10 Å². The molecule has 1 amide bonds. The summed E-state index contributed by atoms with van der Waals surface area (Å²) in [5, 5.41) is 10.0. The molecule has 35 heavy (non-hydrogen) atoms. The second-order valence-corrected chi connectivity index (χ2v) is 9.50. The van der Waals surface area contributed by atoms with Gasteiger partial charge >= 0.3 is 0 Å². The Morgan fingerprint density at radius 1 is 1.09 bits per heavy atom. The molecule has 0 bridgehead atoms. The minimum atomic E-state index is -0.240. The van der Waals surface area contributed by atoms with Crippen molar-refractivity contribution in [3.05, 3.63) is 104 Å². The lowest BCUT2D eigenvalue weighted by atomic mass is 10.1. The number of aryl methyl sites for hydroxylation is 2. The number of fused-ring (bicyclic) bond motifs is 1. The van der Waals surface area contributed by atoms with Crippen LogP contribution >= 0.6 is 22.9 Å². The van der Waals surface area contributed by atoms with E-state index in [1.165, 1.54) is 15.7 Å². The van der Waals surface area contributed by atoms with E-state index in [-0.39, 0.29) is 17.9 Å². The number of nitrogens with one attached hydrogen (secondary N) is 1. The first kappa shape index (κ1) is 23.0. The number of hydrogen-bond donors (Lipinski definition) is 1. The Morgan fingerprint density at radius 2 is 1.89 bits per heavy atom. The summed E-state index contributed by atoms with van der Waals surface area (Å²) in [5.41, 5.74) is 4.56. The van der Waals surface area contributed by atoms with Gasteiger partial charge in [0.25, 0.3) is 5.56 Å². The van der Waals surface area contributed by atoms with E-state index in [2.05, 4.69) is 15.4 Å². The molecule has 0 fully saturated rings. The van der Waals surface area contributed by atoms with Crippen molar-refractivity contribution in [2.24, 2.45) is 0 Å². The first-order valence-corrected chi connectivity index (χ1v) is 12.3. The summed E-state index contributed by atoms with van der Waals surface area (Å²) in [7, 11) is 0. The van der Waals surface area contributed by atoms with Crippen LogP contribution in [0.2, 0.25) is 5.02 Å². The van der Waals surface area contributed by atoms with Gasteiger partial charge in [0.1, 0.15) is 5.69 Å². The highest BCUT2D eigenvalue weighted by Crippen LogP contribution is 2.24. The standard InChI is InChI=1S/C26H22ClN5O2S/c1-16-11-22(30-32(16)20-10-6-9-19(27)12-20)24-17(2)29-26-31(25(24)34)21(15-35-26)13-23(33)28-14-18-7-4-3-5-8-18/h3-12,15H,13-14H2,1-2H3,(H,28,33). The van der Waals surface area contributed by atoms with Gasteiger partial charge in [-0.1, -0.05) is 48.0 Å². The number of aromatic nitrogens is 4.